The zero-order chi connectivity index (χ0) is 23.9. The van der Waals surface area contributed by atoms with Crippen molar-refractivity contribution in [2.75, 3.05) is 28.6 Å². The van der Waals surface area contributed by atoms with Gasteiger partial charge in [-0.05, 0) is 79.2 Å². The van der Waals surface area contributed by atoms with E-state index in [1.165, 1.54) is 12.1 Å². The van der Waals surface area contributed by atoms with Gasteiger partial charge in [-0.3, -0.25) is 4.79 Å². The van der Waals surface area contributed by atoms with Gasteiger partial charge in [0.2, 0.25) is 5.91 Å². The molecule has 0 saturated carbocycles. The third-order valence-corrected chi connectivity index (χ3v) is 5.53. The summed E-state index contributed by atoms with van der Waals surface area (Å²) in [6, 6.07) is 20.1. The molecule has 0 aromatic heterocycles. The minimum absolute atomic E-state index is 0.0763. The summed E-state index contributed by atoms with van der Waals surface area (Å²) in [6.45, 7) is 3.51. The molecule has 0 bridgehead atoms. The fourth-order valence-corrected chi connectivity index (χ4v) is 3.74. The molecule has 3 N–H and O–H groups in total. The van der Waals surface area contributed by atoms with Crippen molar-refractivity contribution < 1.29 is 18.7 Å². The number of hydrogen-bond donors (Lipinski definition) is 3. The molecule has 1 unspecified atom stereocenters. The Morgan fingerprint density at radius 1 is 0.912 bits per heavy atom. The van der Waals surface area contributed by atoms with Gasteiger partial charge in [-0.2, -0.15) is 0 Å². The zero-order valence-electron chi connectivity index (χ0n) is 18.9. The molecule has 1 heterocycles. The van der Waals surface area contributed by atoms with Crippen LogP contribution >= 0.6 is 0 Å². The third kappa shape index (κ3) is 6.25. The molecule has 4 rings (SSSR count). The number of nitrogens with zero attached hydrogens (tertiary/aromatic N) is 1. The molecule has 176 valence electrons. The highest BCUT2D eigenvalue weighted by Gasteiger charge is 2.23. The Kier molecular flexibility index (Phi) is 7.27. The quantitative estimate of drug-likeness (QED) is 0.441. The minimum Gasteiger partial charge on any atom is -0.457 e. The Labute approximate surface area is 197 Å². The van der Waals surface area contributed by atoms with E-state index in [1.54, 1.807) is 36.4 Å². The van der Waals surface area contributed by atoms with Crippen LogP contribution in [0.25, 0.3) is 0 Å². The molecule has 3 aromatic carbocycles. The molecule has 0 aliphatic carbocycles. The van der Waals surface area contributed by atoms with Crippen LogP contribution in [0.3, 0.4) is 0 Å². The van der Waals surface area contributed by atoms with Crippen molar-refractivity contribution in [2.24, 2.45) is 0 Å². The van der Waals surface area contributed by atoms with Crippen molar-refractivity contribution >= 4 is 29.0 Å². The van der Waals surface area contributed by atoms with Crippen LogP contribution in [0.2, 0.25) is 0 Å². The first kappa shape index (κ1) is 23.1. The number of carbonyl (C=O) groups excluding carboxylic acids is 2. The van der Waals surface area contributed by atoms with Crippen LogP contribution in [-0.4, -0.2) is 31.1 Å². The number of urea groups is 1. The molecule has 34 heavy (non-hydrogen) atoms. The number of amides is 3. The van der Waals surface area contributed by atoms with Crippen LogP contribution in [0.4, 0.5) is 26.2 Å². The van der Waals surface area contributed by atoms with Gasteiger partial charge in [0, 0.05) is 42.6 Å². The summed E-state index contributed by atoms with van der Waals surface area (Å²) in [6.07, 6.45) is 1.41. The second-order valence-corrected chi connectivity index (χ2v) is 8.06. The maximum atomic E-state index is 13.0. The Bertz CT molecular complexity index is 1120. The van der Waals surface area contributed by atoms with Crippen molar-refractivity contribution in [2.45, 2.75) is 25.8 Å². The highest BCUT2D eigenvalue weighted by Crippen LogP contribution is 2.24. The van der Waals surface area contributed by atoms with E-state index in [4.69, 9.17) is 4.74 Å². The van der Waals surface area contributed by atoms with E-state index >= 15 is 0 Å². The molecule has 8 heteroatoms. The van der Waals surface area contributed by atoms with Gasteiger partial charge >= 0.3 is 6.03 Å². The van der Waals surface area contributed by atoms with E-state index in [0.717, 1.165) is 25.2 Å². The number of anilines is 3. The average molecular weight is 463 g/mol. The summed E-state index contributed by atoms with van der Waals surface area (Å²) < 4.78 is 18.6. The van der Waals surface area contributed by atoms with E-state index in [9.17, 15) is 14.0 Å². The summed E-state index contributed by atoms with van der Waals surface area (Å²) in [7, 11) is 0. The highest BCUT2D eigenvalue weighted by molar-refractivity contribution is 5.99. The summed E-state index contributed by atoms with van der Waals surface area (Å²) in [5.41, 5.74) is 2.33. The molecule has 1 aliphatic rings. The first-order valence-electron chi connectivity index (χ1n) is 11.2. The van der Waals surface area contributed by atoms with Gasteiger partial charge in [-0.15, -0.1) is 0 Å². The first-order valence-corrected chi connectivity index (χ1v) is 11.2. The molecule has 1 fully saturated rings. The van der Waals surface area contributed by atoms with Gasteiger partial charge in [-0.1, -0.05) is 6.92 Å². The minimum atomic E-state index is -0.358. The van der Waals surface area contributed by atoms with Gasteiger partial charge < -0.3 is 25.6 Å². The van der Waals surface area contributed by atoms with E-state index in [0.29, 0.717) is 29.3 Å². The van der Waals surface area contributed by atoms with E-state index < -0.39 is 0 Å². The van der Waals surface area contributed by atoms with Crippen LogP contribution in [0.1, 0.15) is 19.8 Å². The Hall–Kier alpha value is -4.07. The van der Waals surface area contributed by atoms with Crippen molar-refractivity contribution in [1.82, 2.24) is 5.32 Å². The zero-order valence-corrected chi connectivity index (χ0v) is 18.9. The van der Waals surface area contributed by atoms with Gasteiger partial charge in [0.1, 0.15) is 17.3 Å². The number of ether oxygens (including phenoxy) is 1. The predicted molar refractivity (Wildman–Crippen MR) is 131 cm³/mol. The second-order valence-electron chi connectivity index (χ2n) is 8.06. The van der Waals surface area contributed by atoms with Crippen molar-refractivity contribution in [3.05, 3.63) is 78.6 Å². The fourth-order valence-electron chi connectivity index (χ4n) is 3.74. The second kappa shape index (κ2) is 10.7. The lowest BCUT2D eigenvalue weighted by Gasteiger charge is -2.19. The summed E-state index contributed by atoms with van der Waals surface area (Å²) in [5.74, 6) is 0.854. The lowest BCUT2D eigenvalue weighted by Crippen LogP contribution is -2.36. The number of carbonyl (C=O) groups is 2. The monoisotopic (exact) mass is 462 g/mol. The number of rotatable bonds is 7. The highest BCUT2D eigenvalue weighted by atomic mass is 19.1. The van der Waals surface area contributed by atoms with Gasteiger partial charge in [0.25, 0.3) is 0 Å². The summed E-state index contributed by atoms with van der Waals surface area (Å²) in [5, 5.41) is 8.64. The molecule has 1 saturated heterocycles. The van der Waals surface area contributed by atoms with Crippen LogP contribution in [0.15, 0.2) is 72.8 Å². The molecule has 0 radical (unpaired) electrons. The molecule has 1 aliphatic heterocycles. The number of nitrogens with one attached hydrogen (secondary N) is 3. The number of hydrogen-bond acceptors (Lipinski definition) is 4. The SMILES string of the molecule is CCC(=O)NC1CCN(c2ccc(NC(=O)Nc3ccc(Oc4ccc(F)cc4)cc3)cc2)C1. The largest absolute Gasteiger partial charge is 0.457 e. The molecular weight excluding hydrogens is 435 g/mol. The summed E-state index contributed by atoms with van der Waals surface area (Å²) in [4.78, 5) is 26.2. The first-order chi connectivity index (χ1) is 16.5. The maximum Gasteiger partial charge on any atom is 0.323 e. The van der Waals surface area contributed by atoms with Crippen molar-refractivity contribution in [3.63, 3.8) is 0 Å². The van der Waals surface area contributed by atoms with Gasteiger partial charge in [0.05, 0.1) is 0 Å². The fraction of sp³-hybridized carbons (Fsp3) is 0.231. The van der Waals surface area contributed by atoms with Crippen molar-refractivity contribution in [1.29, 1.82) is 0 Å². The molecule has 3 aromatic rings. The average Bonchev–Trinajstić information content (AvgIpc) is 3.30. The topological polar surface area (TPSA) is 82.7 Å². The van der Waals surface area contributed by atoms with Crippen LogP contribution in [0.5, 0.6) is 11.5 Å². The number of halogens is 1. The van der Waals surface area contributed by atoms with E-state index in [-0.39, 0.29) is 23.8 Å². The maximum absolute atomic E-state index is 13.0. The van der Waals surface area contributed by atoms with Crippen LogP contribution in [-0.2, 0) is 4.79 Å². The summed E-state index contributed by atoms with van der Waals surface area (Å²) >= 11 is 0. The number of benzene rings is 3. The standard InChI is InChI=1S/C26H27FN4O3/c1-2-25(32)28-21-15-16-31(17-21)22-9-5-19(6-10-22)29-26(33)30-20-7-13-24(14-8-20)34-23-11-3-18(27)4-12-23/h3-14,21H,2,15-17H2,1H3,(H,28,32)(H2,29,30,33). The Morgan fingerprint density at radius 3 is 2.06 bits per heavy atom. The van der Waals surface area contributed by atoms with Crippen molar-refractivity contribution in [3.8, 4) is 11.5 Å². The van der Waals surface area contributed by atoms with Crippen LogP contribution in [0, 0.1) is 5.82 Å². The molecule has 3 amide bonds. The van der Waals surface area contributed by atoms with Crippen LogP contribution < -0.4 is 25.6 Å². The smallest absolute Gasteiger partial charge is 0.323 e. The van der Waals surface area contributed by atoms with Gasteiger partial charge in [-0.25, -0.2) is 9.18 Å². The molecule has 0 spiro atoms. The van der Waals surface area contributed by atoms with E-state index in [2.05, 4.69) is 20.9 Å². The lowest BCUT2D eigenvalue weighted by atomic mass is 10.2. The normalized spacial score (nSPS) is 15.0. The molecular formula is C26H27FN4O3. The predicted octanol–water partition coefficient (Wildman–Crippen LogP) is 5.37. The lowest BCUT2D eigenvalue weighted by molar-refractivity contribution is -0.121. The Balaban J connectivity index is 1.26. The molecule has 1 atom stereocenters. The third-order valence-electron chi connectivity index (χ3n) is 5.53. The van der Waals surface area contributed by atoms with Gasteiger partial charge in [0.15, 0.2) is 0 Å². The molecule has 7 nitrogen and oxygen atoms in total. The Morgan fingerprint density at radius 2 is 1.47 bits per heavy atom. The van der Waals surface area contributed by atoms with E-state index in [1.807, 2.05) is 31.2 Å².